The second kappa shape index (κ2) is 6.74. The smallest absolute Gasteiger partial charge is 0.0240 e. The molecule has 1 aromatic rings. The third-order valence-corrected chi connectivity index (χ3v) is 3.76. The van der Waals surface area contributed by atoms with Gasteiger partial charge in [0.05, 0.1) is 0 Å². The fourth-order valence-electron chi connectivity index (χ4n) is 2.33. The van der Waals surface area contributed by atoms with Crippen LogP contribution in [-0.2, 0) is 6.54 Å². The number of hydrogen-bond acceptors (Lipinski definition) is 2. The summed E-state index contributed by atoms with van der Waals surface area (Å²) in [5.74, 6) is 0. The Kier molecular flexibility index (Phi) is 5.93. The van der Waals surface area contributed by atoms with Crippen molar-refractivity contribution in [2.45, 2.75) is 32.5 Å². The minimum Gasteiger partial charge on any atom is -0.314 e. The first-order chi connectivity index (χ1) is 7.66. The lowest BCUT2D eigenvalue weighted by molar-refractivity contribution is 0.109. The van der Waals surface area contributed by atoms with Crippen LogP contribution in [0.3, 0.4) is 0 Å². The number of halogens is 2. The zero-order valence-corrected chi connectivity index (χ0v) is 12.7. The summed E-state index contributed by atoms with van der Waals surface area (Å²) in [6.45, 7) is 7.82. The van der Waals surface area contributed by atoms with Gasteiger partial charge < -0.3 is 5.32 Å². The van der Waals surface area contributed by atoms with E-state index in [1.54, 1.807) is 0 Å². The Bertz CT molecular complexity index is 349. The van der Waals surface area contributed by atoms with Crippen LogP contribution in [0, 0.1) is 0 Å². The number of benzene rings is 1. The Labute approximate surface area is 118 Å². The Morgan fingerprint density at radius 2 is 1.94 bits per heavy atom. The predicted molar refractivity (Wildman–Crippen MR) is 78.7 cm³/mol. The fraction of sp³-hybridized carbons (Fsp3) is 0.538. The van der Waals surface area contributed by atoms with Crippen molar-refractivity contribution in [3.05, 3.63) is 34.3 Å². The molecule has 17 heavy (non-hydrogen) atoms. The van der Waals surface area contributed by atoms with E-state index in [9.17, 15) is 0 Å². The number of hydrogen-bond donors (Lipinski definition) is 1. The van der Waals surface area contributed by atoms with Crippen LogP contribution in [-0.4, -0.2) is 30.1 Å². The first-order valence-corrected chi connectivity index (χ1v) is 6.67. The first-order valence-electron chi connectivity index (χ1n) is 5.87. The summed E-state index contributed by atoms with van der Waals surface area (Å²) in [5, 5.41) is 3.46. The molecule has 2 nitrogen and oxygen atoms in total. The van der Waals surface area contributed by atoms with Crippen LogP contribution >= 0.6 is 28.3 Å². The molecule has 96 valence electrons. The summed E-state index contributed by atoms with van der Waals surface area (Å²) in [4.78, 5) is 2.57. The molecule has 2 atom stereocenters. The highest BCUT2D eigenvalue weighted by Gasteiger charge is 2.24. The third kappa shape index (κ3) is 3.95. The predicted octanol–water partition coefficient (Wildman–Crippen LogP) is 3.05. The van der Waals surface area contributed by atoms with E-state index in [0.29, 0.717) is 12.1 Å². The number of nitrogens with zero attached hydrogens (tertiary/aromatic N) is 1. The van der Waals surface area contributed by atoms with Crippen LogP contribution < -0.4 is 5.32 Å². The van der Waals surface area contributed by atoms with Gasteiger partial charge in [0.15, 0.2) is 0 Å². The fourth-order valence-corrected chi connectivity index (χ4v) is 2.77. The summed E-state index contributed by atoms with van der Waals surface area (Å²) < 4.78 is 1.17. The van der Waals surface area contributed by atoms with Gasteiger partial charge in [0.1, 0.15) is 0 Å². The largest absolute Gasteiger partial charge is 0.314 e. The van der Waals surface area contributed by atoms with Gasteiger partial charge in [0, 0.05) is 36.2 Å². The molecule has 1 aliphatic heterocycles. The average molecular weight is 320 g/mol. The molecule has 2 rings (SSSR count). The van der Waals surface area contributed by atoms with E-state index in [-0.39, 0.29) is 12.4 Å². The van der Waals surface area contributed by atoms with Crippen molar-refractivity contribution >= 4 is 28.3 Å². The molecular formula is C13H20BrClN2. The molecule has 0 bridgehead atoms. The van der Waals surface area contributed by atoms with E-state index in [1.165, 1.54) is 10.0 Å². The summed E-state index contributed by atoms with van der Waals surface area (Å²) in [6, 6.07) is 9.82. The monoisotopic (exact) mass is 318 g/mol. The third-order valence-electron chi connectivity index (χ3n) is 3.27. The van der Waals surface area contributed by atoms with Crippen molar-refractivity contribution in [2.75, 3.05) is 13.1 Å². The summed E-state index contributed by atoms with van der Waals surface area (Å²) in [6.07, 6.45) is 0. The lowest BCUT2D eigenvalue weighted by Gasteiger charge is -2.39. The van der Waals surface area contributed by atoms with Crippen LogP contribution in [0.15, 0.2) is 28.7 Å². The van der Waals surface area contributed by atoms with E-state index in [1.807, 2.05) is 0 Å². The molecule has 1 heterocycles. The lowest BCUT2D eigenvalue weighted by Crippen LogP contribution is -2.54. The van der Waals surface area contributed by atoms with E-state index < -0.39 is 0 Å². The van der Waals surface area contributed by atoms with Gasteiger partial charge in [0.25, 0.3) is 0 Å². The van der Waals surface area contributed by atoms with Crippen molar-refractivity contribution in [3.63, 3.8) is 0 Å². The summed E-state index contributed by atoms with van der Waals surface area (Å²) in [7, 11) is 0. The van der Waals surface area contributed by atoms with Crippen molar-refractivity contribution in [2.24, 2.45) is 0 Å². The molecule has 1 saturated heterocycles. The summed E-state index contributed by atoms with van der Waals surface area (Å²) >= 11 is 3.53. The summed E-state index contributed by atoms with van der Waals surface area (Å²) in [5.41, 5.74) is 1.38. The molecule has 0 spiro atoms. The molecule has 1 N–H and O–H groups in total. The van der Waals surface area contributed by atoms with Crippen LogP contribution in [0.5, 0.6) is 0 Å². The van der Waals surface area contributed by atoms with E-state index in [4.69, 9.17) is 0 Å². The quantitative estimate of drug-likeness (QED) is 0.901. The second-order valence-electron chi connectivity index (χ2n) is 4.66. The van der Waals surface area contributed by atoms with Crippen LogP contribution in [0.4, 0.5) is 0 Å². The van der Waals surface area contributed by atoms with Crippen molar-refractivity contribution < 1.29 is 0 Å². The molecule has 1 fully saturated rings. The first kappa shape index (κ1) is 15.0. The molecule has 0 radical (unpaired) electrons. The van der Waals surface area contributed by atoms with E-state index >= 15 is 0 Å². The van der Waals surface area contributed by atoms with Gasteiger partial charge in [-0.2, -0.15) is 0 Å². The maximum atomic E-state index is 3.53. The maximum absolute atomic E-state index is 3.53. The van der Waals surface area contributed by atoms with Gasteiger partial charge in [-0.25, -0.2) is 0 Å². The van der Waals surface area contributed by atoms with E-state index in [2.05, 4.69) is 64.3 Å². The SMILES string of the molecule is C[C@@H]1CNC[C@H](C)N1Cc1cccc(Br)c1.Cl. The molecule has 0 aliphatic carbocycles. The molecule has 0 amide bonds. The number of nitrogens with one attached hydrogen (secondary N) is 1. The van der Waals surface area contributed by atoms with Gasteiger partial charge in [-0.1, -0.05) is 28.1 Å². The molecule has 0 aromatic heterocycles. The number of piperazine rings is 1. The van der Waals surface area contributed by atoms with Crippen LogP contribution in [0.2, 0.25) is 0 Å². The Hall–Kier alpha value is -0.0900. The van der Waals surface area contributed by atoms with E-state index in [0.717, 1.165) is 19.6 Å². The van der Waals surface area contributed by atoms with Gasteiger partial charge in [0.2, 0.25) is 0 Å². The minimum absolute atomic E-state index is 0. The molecule has 0 saturated carbocycles. The van der Waals surface area contributed by atoms with Crippen LogP contribution in [0.1, 0.15) is 19.4 Å². The van der Waals surface area contributed by atoms with Crippen molar-refractivity contribution in [1.29, 1.82) is 0 Å². The second-order valence-corrected chi connectivity index (χ2v) is 5.57. The molecule has 1 aromatic carbocycles. The average Bonchev–Trinajstić information content (AvgIpc) is 2.24. The van der Waals surface area contributed by atoms with Gasteiger partial charge in [-0.05, 0) is 31.5 Å². The zero-order chi connectivity index (χ0) is 11.5. The van der Waals surface area contributed by atoms with Gasteiger partial charge >= 0.3 is 0 Å². The Balaban J connectivity index is 0.00000144. The highest BCUT2D eigenvalue weighted by atomic mass is 79.9. The Morgan fingerprint density at radius 1 is 1.29 bits per heavy atom. The molecule has 0 unspecified atom stereocenters. The van der Waals surface area contributed by atoms with Gasteiger partial charge in [-0.3, -0.25) is 4.90 Å². The van der Waals surface area contributed by atoms with Crippen LogP contribution in [0.25, 0.3) is 0 Å². The minimum atomic E-state index is 0. The highest BCUT2D eigenvalue weighted by molar-refractivity contribution is 9.10. The van der Waals surface area contributed by atoms with Crippen molar-refractivity contribution in [3.8, 4) is 0 Å². The number of rotatable bonds is 2. The molecular weight excluding hydrogens is 300 g/mol. The molecule has 1 aliphatic rings. The lowest BCUT2D eigenvalue weighted by atomic mass is 10.1. The maximum Gasteiger partial charge on any atom is 0.0240 e. The topological polar surface area (TPSA) is 15.3 Å². The highest BCUT2D eigenvalue weighted by Crippen LogP contribution is 2.17. The normalized spacial score (nSPS) is 25.4. The van der Waals surface area contributed by atoms with Crippen molar-refractivity contribution in [1.82, 2.24) is 10.2 Å². The standard InChI is InChI=1S/C13H19BrN2.ClH/c1-10-7-15-8-11(2)16(10)9-12-4-3-5-13(14)6-12;/h3-6,10-11,15H,7-9H2,1-2H3;1H/t10-,11+;. The Morgan fingerprint density at radius 3 is 2.53 bits per heavy atom. The molecule has 4 heteroatoms. The van der Waals surface area contributed by atoms with Gasteiger partial charge in [-0.15, -0.1) is 12.4 Å². The zero-order valence-electron chi connectivity index (χ0n) is 10.3.